The maximum absolute atomic E-state index is 10.9. The standard InChI is InChI=1S/C10H10BrClO2/c11-8-4-3-7(2-1-5-12)9(6-8)10(13)14/h3-4,6H,1-2,5H2,(H,13,14). The summed E-state index contributed by atoms with van der Waals surface area (Å²) in [4.78, 5) is 10.9. The molecule has 1 rings (SSSR count). The van der Waals surface area contributed by atoms with Gasteiger partial charge in [-0.3, -0.25) is 0 Å². The number of benzene rings is 1. The minimum absolute atomic E-state index is 0.351. The molecule has 0 spiro atoms. The monoisotopic (exact) mass is 276 g/mol. The predicted molar refractivity (Wildman–Crippen MR) is 60.1 cm³/mol. The van der Waals surface area contributed by atoms with Crippen molar-refractivity contribution in [1.82, 2.24) is 0 Å². The normalized spacial score (nSPS) is 10.1. The van der Waals surface area contributed by atoms with Crippen molar-refractivity contribution >= 4 is 33.5 Å². The zero-order valence-corrected chi connectivity index (χ0v) is 9.81. The third-order valence-electron chi connectivity index (χ3n) is 1.88. The van der Waals surface area contributed by atoms with Crippen molar-refractivity contribution in [1.29, 1.82) is 0 Å². The van der Waals surface area contributed by atoms with Crippen molar-refractivity contribution in [3.05, 3.63) is 33.8 Å². The fourth-order valence-electron chi connectivity index (χ4n) is 1.22. The third kappa shape index (κ3) is 3.00. The van der Waals surface area contributed by atoms with Crippen molar-refractivity contribution in [3.63, 3.8) is 0 Å². The van der Waals surface area contributed by atoms with Gasteiger partial charge in [-0.1, -0.05) is 22.0 Å². The van der Waals surface area contributed by atoms with E-state index in [1.807, 2.05) is 12.1 Å². The summed E-state index contributed by atoms with van der Waals surface area (Å²) >= 11 is 8.80. The molecule has 0 aromatic heterocycles. The van der Waals surface area contributed by atoms with E-state index < -0.39 is 5.97 Å². The number of halogens is 2. The molecule has 0 aliphatic rings. The fourth-order valence-corrected chi connectivity index (χ4v) is 1.72. The van der Waals surface area contributed by atoms with Crippen LogP contribution >= 0.6 is 27.5 Å². The molecule has 0 amide bonds. The maximum atomic E-state index is 10.9. The quantitative estimate of drug-likeness (QED) is 0.857. The van der Waals surface area contributed by atoms with E-state index in [2.05, 4.69) is 15.9 Å². The number of alkyl halides is 1. The first-order valence-electron chi connectivity index (χ1n) is 4.23. The van der Waals surface area contributed by atoms with E-state index in [-0.39, 0.29) is 0 Å². The molecule has 0 aliphatic heterocycles. The van der Waals surface area contributed by atoms with Crippen LogP contribution in [0.2, 0.25) is 0 Å². The lowest BCUT2D eigenvalue weighted by Gasteiger charge is -2.05. The van der Waals surface area contributed by atoms with Crippen LogP contribution in [0.5, 0.6) is 0 Å². The molecule has 2 nitrogen and oxygen atoms in total. The Morgan fingerprint density at radius 3 is 2.79 bits per heavy atom. The van der Waals surface area contributed by atoms with Crippen LogP contribution in [0.1, 0.15) is 22.3 Å². The molecule has 1 aromatic rings. The Bertz CT molecular complexity index is 339. The number of hydrogen-bond donors (Lipinski definition) is 1. The summed E-state index contributed by atoms with van der Waals surface area (Å²) in [6, 6.07) is 5.28. The molecule has 4 heteroatoms. The number of carboxylic acid groups (broad SMARTS) is 1. The smallest absolute Gasteiger partial charge is 0.336 e. The van der Waals surface area contributed by atoms with Gasteiger partial charge in [0.15, 0.2) is 0 Å². The molecule has 0 aliphatic carbocycles. The third-order valence-corrected chi connectivity index (χ3v) is 2.64. The summed E-state index contributed by atoms with van der Waals surface area (Å²) in [5, 5.41) is 8.94. The van der Waals surface area contributed by atoms with Crippen molar-refractivity contribution in [2.75, 3.05) is 5.88 Å². The molecule has 0 fully saturated rings. The zero-order valence-electron chi connectivity index (χ0n) is 7.46. The Hall–Kier alpha value is -0.540. The van der Waals surface area contributed by atoms with Gasteiger partial charge in [-0.2, -0.15) is 0 Å². The molecular formula is C10H10BrClO2. The van der Waals surface area contributed by atoms with Crippen molar-refractivity contribution < 1.29 is 9.90 Å². The average molecular weight is 278 g/mol. The van der Waals surface area contributed by atoms with E-state index in [0.29, 0.717) is 17.9 Å². The molecule has 0 atom stereocenters. The van der Waals surface area contributed by atoms with Gasteiger partial charge in [-0.25, -0.2) is 4.79 Å². The molecule has 1 N–H and O–H groups in total. The summed E-state index contributed by atoms with van der Waals surface area (Å²) in [6.45, 7) is 0. The van der Waals surface area contributed by atoms with Gasteiger partial charge >= 0.3 is 5.97 Å². The van der Waals surface area contributed by atoms with E-state index in [1.54, 1.807) is 6.07 Å². The van der Waals surface area contributed by atoms with Gasteiger partial charge in [0, 0.05) is 10.4 Å². The lowest BCUT2D eigenvalue weighted by Crippen LogP contribution is -2.02. The highest BCUT2D eigenvalue weighted by Crippen LogP contribution is 2.18. The van der Waals surface area contributed by atoms with E-state index in [1.165, 1.54) is 0 Å². The Morgan fingerprint density at radius 1 is 1.50 bits per heavy atom. The van der Waals surface area contributed by atoms with Crippen LogP contribution < -0.4 is 0 Å². The van der Waals surface area contributed by atoms with Gasteiger partial charge in [0.2, 0.25) is 0 Å². The van der Waals surface area contributed by atoms with E-state index in [9.17, 15) is 4.79 Å². The Morgan fingerprint density at radius 2 is 2.21 bits per heavy atom. The molecule has 0 bridgehead atoms. The molecule has 76 valence electrons. The fraction of sp³-hybridized carbons (Fsp3) is 0.300. The second-order valence-electron chi connectivity index (χ2n) is 2.90. The van der Waals surface area contributed by atoms with Crippen LogP contribution in [-0.4, -0.2) is 17.0 Å². The largest absolute Gasteiger partial charge is 0.478 e. The van der Waals surface area contributed by atoms with Crippen LogP contribution in [-0.2, 0) is 6.42 Å². The van der Waals surface area contributed by atoms with Gasteiger partial charge in [-0.05, 0) is 30.5 Å². The first-order valence-corrected chi connectivity index (χ1v) is 5.55. The lowest BCUT2D eigenvalue weighted by molar-refractivity contribution is 0.0695. The summed E-state index contributed by atoms with van der Waals surface area (Å²) in [6.07, 6.45) is 1.50. The first kappa shape index (κ1) is 11.5. The number of carbonyl (C=O) groups is 1. The van der Waals surface area contributed by atoms with Crippen molar-refractivity contribution in [2.45, 2.75) is 12.8 Å². The molecule has 14 heavy (non-hydrogen) atoms. The molecule has 0 heterocycles. The second-order valence-corrected chi connectivity index (χ2v) is 4.19. The predicted octanol–water partition coefficient (Wildman–Crippen LogP) is 3.32. The highest BCUT2D eigenvalue weighted by molar-refractivity contribution is 9.10. The molecular weight excluding hydrogens is 267 g/mol. The molecule has 0 saturated carbocycles. The zero-order chi connectivity index (χ0) is 10.6. The van der Waals surface area contributed by atoms with Crippen LogP contribution in [0.15, 0.2) is 22.7 Å². The molecule has 1 aromatic carbocycles. The molecule has 0 unspecified atom stereocenters. The summed E-state index contributed by atoms with van der Waals surface area (Å²) < 4.78 is 0.782. The number of aromatic carboxylic acids is 1. The van der Waals surface area contributed by atoms with Gasteiger partial charge in [0.1, 0.15) is 0 Å². The van der Waals surface area contributed by atoms with E-state index in [0.717, 1.165) is 16.5 Å². The van der Waals surface area contributed by atoms with Crippen molar-refractivity contribution in [2.24, 2.45) is 0 Å². The minimum Gasteiger partial charge on any atom is -0.478 e. The van der Waals surface area contributed by atoms with Crippen LogP contribution in [0.3, 0.4) is 0 Å². The molecule has 0 radical (unpaired) electrons. The van der Waals surface area contributed by atoms with Crippen LogP contribution in [0.4, 0.5) is 0 Å². The Labute approximate surface area is 96.0 Å². The van der Waals surface area contributed by atoms with Gasteiger partial charge in [0.05, 0.1) is 5.56 Å². The first-order chi connectivity index (χ1) is 6.65. The number of hydrogen-bond acceptors (Lipinski definition) is 1. The lowest BCUT2D eigenvalue weighted by atomic mass is 10.0. The topological polar surface area (TPSA) is 37.3 Å². The van der Waals surface area contributed by atoms with Gasteiger partial charge in [-0.15, -0.1) is 11.6 Å². The van der Waals surface area contributed by atoms with Crippen LogP contribution in [0.25, 0.3) is 0 Å². The summed E-state index contributed by atoms with van der Waals surface area (Å²) in [5.41, 5.74) is 1.19. The second kappa shape index (κ2) is 5.37. The number of aryl methyl sites for hydroxylation is 1. The van der Waals surface area contributed by atoms with E-state index in [4.69, 9.17) is 16.7 Å². The van der Waals surface area contributed by atoms with E-state index >= 15 is 0 Å². The summed E-state index contributed by atoms with van der Waals surface area (Å²) in [5.74, 6) is -0.342. The average Bonchev–Trinajstić information content (AvgIpc) is 2.15. The van der Waals surface area contributed by atoms with Crippen molar-refractivity contribution in [3.8, 4) is 0 Å². The number of carboxylic acids is 1. The minimum atomic E-state index is -0.893. The highest BCUT2D eigenvalue weighted by Gasteiger charge is 2.09. The number of rotatable bonds is 4. The SMILES string of the molecule is O=C(O)c1cc(Br)ccc1CCCCl. The maximum Gasteiger partial charge on any atom is 0.336 e. The Balaban J connectivity index is 2.96. The summed E-state index contributed by atoms with van der Waals surface area (Å²) in [7, 11) is 0. The van der Waals surface area contributed by atoms with Gasteiger partial charge < -0.3 is 5.11 Å². The molecule has 0 saturated heterocycles. The van der Waals surface area contributed by atoms with Crippen LogP contribution in [0, 0.1) is 0 Å². The Kier molecular flexibility index (Phi) is 4.42. The highest BCUT2D eigenvalue weighted by atomic mass is 79.9. The van der Waals surface area contributed by atoms with Gasteiger partial charge in [0.25, 0.3) is 0 Å².